The summed E-state index contributed by atoms with van der Waals surface area (Å²) in [5, 5.41) is 16.7. The second-order valence-electron chi connectivity index (χ2n) is 6.80. The zero-order chi connectivity index (χ0) is 19.4. The fraction of sp³-hybridized carbons (Fsp3) is 0.650. The lowest BCUT2D eigenvalue weighted by Crippen LogP contribution is -2.42. The first kappa shape index (κ1) is 22.7. The predicted octanol–water partition coefficient (Wildman–Crippen LogP) is 3.30. The van der Waals surface area contributed by atoms with Gasteiger partial charge in [-0.2, -0.15) is 0 Å². The van der Waals surface area contributed by atoms with E-state index in [0.717, 1.165) is 49.9 Å². The van der Waals surface area contributed by atoms with Crippen molar-refractivity contribution in [2.24, 2.45) is 10.9 Å². The number of aliphatic hydroxyl groups excluding tert-OH is 1. The first-order valence-electron chi connectivity index (χ1n) is 9.56. The molecule has 0 fully saturated rings. The molecule has 0 bridgehead atoms. The molecule has 0 aromatic heterocycles. The molecule has 0 spiro atoms. The first-order chi connectivity index (χ1) is 12.5. The fourth-order valence-electron chi connectivity index (χ4n) is 2.96. The lowest BCUT2D eigenvalue weighted by molar-refractivity contribution is 0.253. The van der Waals surface area contributed by atoms with E-state index in [9.17, 15) is 5.11 Å². The predicted molar refractivity (Wildman–Crippen MR) is 112 cm³/mol. The quantitative estimate of drug-likeness (QED) is 0.406. The molecule has 2 atom stereocenters. The highest BCUT2D eigenvalue weighted by Gasteiger charge is 2.15. The number of hydrogen-bond donors (Lipinski definition) is 3. The van der Waals surface area contributed by atoms with Gasteiger partial charge in [0.2, 0.25) is 0 Å². The van der Waals surface area contributed by atoms with Crippen molar-refractivity contribution in [3.63, 3.8) is 0 Å². The fourth-order valence-corrected chi connectivity index (χ4v) is 3.08. The molecular weight excluding hydrogens is 348 g/mol. The van der Waals surface area contributed by atoms with E-state index in [1.165, 1.54) is 5.56 Å². The number of nitrogens with one attached hydrogen (secondary N) is 2. The van der Waals surface area contributed by atoms with Crippen molar-refractivity contribution in [1.29, 1.82) is 0 Å². The molecule has 5 nitrogen and oxygen atoms in total. The molecule has 2 unspecified atom stereocenters. The van der Waals surface area contributed by atoms with Crippen LogP contribution in [0.2, 0.25) is 5.02 Å². The molecule has 0 aliphatic carbocycles. The molecule has 0 radical (unpaired) electrons. The summed E-state index contributed by atoms with van der Waals surface area (Å²) in [6.45, 7) is 6.76. The lowest BCUT2D eigenvalue weighted by atomic mass is 10.0. The van der Waals surface area contributed by atoms with Gasteiger partial charge in [0.15, 0.2) is 5.96 Å². The Morgan fingerprint density at radius 2 is 1.85 bits per heavy atom. The number of aliphatic imine (C=N–C) groups is 1. The van der Waals surface area contributed by atoms with Gasteiger partial charge in [0.25, 0.3) is 0 Å². The number of aliphatic hydroxyl groups is 1. The normalized spacial score (nSPS) is 14.3. The summed E-state index contributed by atoms with van der Waals surface area (Å²) < 4.78 is 0. The summed E-state index contributed by atoms with van der Waals surface area (Å²) in [7, 11) is 4.15. The number of hydrogen-bond acceptors (Lipinski definition) is 3. The van der Waals surface area contributed by atoms with Crippen LogP contribution in [0.5, 0.6) is 0 Å². The molecule has 1 rings (SSSR count). The monoisotopic (exact) mass is 382 g/mol. The molecule has 0 aliphatic rings. The Balaban J connectivity index is 2.74. The van der Waals surface area contributed by atoms with Crippen molar-refractivity contribution < 1.29 is 5.11 Å². The second kappa shape index (κ2) is 13.0. The summed E-state index contributed by atoms with van der Waals surface area (Å²) in [4.78, 5) is 6.92. The van der Waals surface area contributed by atoms with Crippen molar-refractivity contribution in [3.8, 4) is 0 Å². The smallest absolute Gasteiger partial charge is 0.191 e. The highest BCUT2D eigenvalue weighted by atomic mass is 35.5. The minimum absolute atomic E-state index is 0.222. The van der Waals surface area contributed by atoms with Crippen LogP contribution in [-0.2, 0) is 0 Å². The molecule has 148 valence electrons. The van der Waals surface area contributed by atoms with Gasteiger partial charge < -0.3 is 20.6 Å². The van der Waals surface area contributed by atoms with E-state index in [-0.39, 0.29) is 12.6 Å². The largest absolute Gasteiger partial charge is 0.396 e. The third-order valence-corrected chi connectivity index (χ3v) is 4.68. The Morgan fingerprint density at radius 1 is 1.15 bits per heavy atom. The Kier molecular flexibility index (Phi) is 11.3. The third kappa shape index (κ3) is 8.39. The number of guanidine groups is 1. The second-order valence-corrected chi connectivity index (χ2v) is 7.23. The van der Waals surface area contributed by atoms with Crippen LogP contribution in [0.15, 0.2) is 29.3 Å². The number of halogens is 1. The Labute approximate surface area is 163 Å². The highest BCUT2D eigenvalue weighted by Crippen LogP contribution is 2.19. The molecule has 3 N–H and O–H groups in total. The van der Waals surface area contributed by atoms with E-state index in [0.29, 0.717) is 5.92 Å². The van der Waals surface area contributed by atoms with Gasteiger partial charge in [-0.1, -0.05) is 37.1 Å². The average Bonchev–Trinajstić information content (AvgIpc) is 2.61. The molecule has 1 aromatic rings. The molecule has 26 heavy (non-hydrogen) atoms. The van der Waals surface area contributed by atoms with E-state index < -0.39 is 0 Å². The van der Waals surface area contributed by atoms with Gasteiger partial charge in [0.1, 0.15) is 0 Å². The molecule has 0 heterocycles. The molecule has 0 amide bonds. The number of benzene rings is 1. The summed E-state index contributed by atoms with van der Waals surface area (Å²) >= 11 is 6.01. The maximum absolute atomic E-state index is 9.22. The summed E-state index contributed by atoms with van der Waals surface area (Å²) in [5.41, 5.74) is 1.21. The van der Waals surface area contributed by atoms with Crippen LogP contribution in [0.25, 0.3) is 0 Å². The molecule has 0 saturated heterocycles. The number of rotatable bonds is 11. The Bertz CT molecular complexity index is 513. The first-order valence-corrected chi connectivity index (χ1v) is 9.94. The maximum atomic E-state index is 9.22. The van der Waals surface area contributed by atoms with Crippen molar-refractivity contribution in [2.45, 2.75) is 39.2 Å². The summed E-state index contributed by atoms with van der Waals surface area (Å²) in [5.74, 6) is 1.26. The van der Waals surface area contributed by atoms with Crippen LogP contribution in [-0.4, -0.2) is 56.3 Å². The Hall–Kier alpha value is -1.30. The van der Waals surface area contributed by atoms with Gasteiger partial charge in [0.05, 0.1) is 6.04 Å². The third-order valence-electron chi connectivity index (χ3n) is 4.43. The van der Waals surface area contributed by atoms with Crippen LogP contribution >= 0.6 is 11.6 Å². The van der Waals surface area contributed by atoms with Crippen LogP contribution in [0, 0.1) is 5.92 Å². The van der Waals surface area contributed by atoms with Gasteiger partial charge in [-0.15, -0.1) is 0 Å². The van der Waals surface area contributed by atoms with E-state index in [4.69, 9.17) is 16.6 Å². The van der Waals surface area contributed by atoms with Crippen molar-refractivity contribution in [3.05, 3.63) is 34.9 Å². The molecule has 1 aromatic carbocycles. The Morgan fingerprint density at radius 3 is 2.38 bits per heavy atom. The van der Waals surface area contributed by atoms with E-state index in [2.05, 4.69) is 55.6 Å². The van der Waals surface area contributed by atoms with Crippen LogP contribution in [0.1, 0.15) is 44.7 Å². The van der Waals surface area contributed by atoms with Crippen molar-refractivity contribution >= 4 is 17.6 Å². The molecule has 0 aliphatic heterocycles. The number of likely N-dealkylation sites (N-methyl/N-ethyl adjacent to an activating group) is 1. The number of nitrogens with zero attached hydrogens (tertiary/aromatic N) is 2. The molecule has 0 saturated carbocycles. The average molecular weight is 383 g/mol. The van der Waals surface area contributed by atoms with Crippen molar-refractivity contribution in [2.75, 3.05) is 40.3 Å². The van der Waals surface area contributed by atoms with Gasteiger partial charge in [-0.3, -0.25) is 4.99 Å². The van der Waals surface area contributed by atoms with E-state index in [1.54, 1.807) is 0 Å². The van der Waals surface area contributed by atoms with E-state index in [1.807, 2.05) is 12.1 Å². The highest BCUT2D eigenvalue weighted by molar-refractivity contribution is 6.30. The minimum Gasteiger partial charge on any atom is -0.396 e. The van der Waals surface area contributed by atoms with Gasteiger partial charge in [-0.25, -0.2) is 0 Å². The molecule has 6 heteroatoms. The standard InChI is InChI=1S/C20H35ClN4O/c1-5-7-16(12-13-26)14-23-20(22-6-2)24-15-19(25(3)4)17-8-10-18(21)11-9-17/h8-11,16,19,26H,5-7,12-15H2,1-4H3,(H2,22,23,24). The zero-order valence-electron chi connectivity index (χ0n) is 16.6. The van der Waals surface area contributed by atoms with Gasteiger partial charge in [-0.05, 0) is 57.5 Å². The van der Waals surface area contributed by atoms with Crippen LogP contribution in [0.4, 0.5) is 0 Å². The van der Waals surface area contributed by atoms with Crippen molar-refractivity contribution in [1.82, 2.24) is 15.5 Å². The summed E-state index contributed by atoms with van der Waals surface area (Å²) in [6, 6.07) is 8.21. The van der Waals surface area contributed by atoms with Crippen LogP contribution < -0.4 is 10.6 Å². The minimum atomic E-state index is 0.222. The topological polar surface area (TPSA) is 59.9 Å². The van der Waals surface area contributed by atoms with E-state index >= 15 is 0 Å². The zero-order valence-corrected chi connectivity index (χ0v) is 17.4. The maximum Gasteiger partial charge on any atom is 0.191 e. The van der Waals surface area contributed by atoms with Crippen LogP contribution in [0.3, 0.4) is 0 Å². The molecular formula is C20H35ClN4O. The lowest BCUT2D eigenvalue weighted by Gasteiger charge is -2.26. The SMILES string of the molecule is CCCC(CCO)CN=C(NCC)NCC(c1ccc(Cl)cc1)N(C)C. The van der Waals surface area contributed by atoms with Gasteiger partial charge >= 0.3 is 0 Å². The van der Waals surface area contributed by atoms with Gasteiger partial charge in [0, 0.05) is 31.3 Å². The summed E-state index contributed by atoms with van der Waals surface area (Å²) in [6.07, 6.45) is 3.01.